The van der Waals surface area contributed by atoms with Crippen molar-refractivity contribution in [3.8, 4) is 5.69 Å². The molecular formula is C19H18F2N6O. The van der Waals surface area contributed by atoms with Crippen LogP contribution >= 0.6 is 0 Å². The van der Waals surface area contributed by atoms with E-state index in [0.29, 0.717) is 24.3 Å². The fraction of sp³-hybridized carbons (Fsp3) is 0.263. The molecule has 0 saturated carbocycles. The summed E-state index contributed by atoms with van der Waals surface area (Å²) in [5.41, 5.74) is 1.97. The molecule has 2 heterocycles. The molecule has 9 heteroatoms. The predicted molar refractivity (Wildman–Crippen MR) is 98.2 cm³/mol. The summed E-state index contributed by atoms with van der Waals surface area (Å²) in [6.07, 6.45) is 2.35. The van der Waals surface area contributed by atoms with Crippen LogP contribution < -0.4 is 10.2 Å². The fourth-order valence-electron chi connectivity index (χ4n) is 3.30. The van der Waals surface area contributed by atoms with Crippen molar-refractivity contribution in [2.75, 3.05) is 24.5 Å². The molecule has 1 amide bonds. The van der Waals surface area contributed by atoms with Crippen LogP contribution in [0.3, 0.4) is 0 Å². The van der Waals surface area contributed by atoms with Crippen molar-refractivity contribution in [1.29, 1.82) is 0 Å². The number of rotatable bonds is 5. The Morgan fingerprint density at radius 1 is 1.11 bits per heavy atom. The molecule has 1 aliphatic heterocycles. The molecule has 28 heavy (non-hydrogen) atoms. The number of carbonyl (C=O) groups excluding carboxylic acids is 1. The summed E-state index contributed by atoms with van der Waals surface area (Å²) in [6.45, 7) is 1.95. The Bertz CT molecular complexity index is 961. The standard InChI is InChI=1S/C19H18F2N6O/c20-17-6-5-16(9-18(17)21)26-8-7-13(11-26)10-22-19(28)14-1-3-15(4-2-14)27-12-23-24-25-27/h1-6,9,12-13H,7-8,10-11H2,(H,22,28). The van der Waals surface area contributed by atoms with Gasteiger partial charge in [-0.25, -0.2) is 13.5 Å². The molecule has 0 spiro atoms. The molecule has 3 aromatic rings. The SMILES string of the molecule is O=C(NCC1CCN(c2ccc(F)c(F)c2)C1)c1ccc(-n2cnnn2)cc1. The van der Waals surface area contributed by atoms with E-state index in [1.165, 1.54) is 17.1 Å². The Morgan fingerprint density at radius 3 is 2.61 bits per heavy atom. The summed E-state index contributed by atoms with van der Waals surface area (Å²) >= 11 is 0. The van der Waals surface area contributed by atoms with E-state index in [9.17, 15) is 13.6 Å². The Balaban J connectivity index is 1.31. The van der Waals surface area contributed by atoms with Crippen LogP contribution in [0, 0.1) is 17.6 Å². The third kappa shape index (κ3) is 3.83. The van der Waals surface area contributed by atoms with Crippen LogP contribution in [0.4, 0.5) is 14.5 Å². The van der Waals surface area contributed by atoms with Gasteiger partial charge in [0, 0.05) is 37.0 Å². The first kappa shape index (κ1) is 18.0. The van der Waals surface area contributed by atoms with Crippen molar-refractivity contribution in [1.82, 2.24) is 25.5 Å². The summed E-state index contributed by atoms with van der Waals surface area (Å²) in [7, 11) is 0. The molecule has 1 saturated heterocycles. The number of tetrazole rings is 1. The first-order valence-electron chi connectivity index (χ1n) is 8.92. The Labute approximate surface area is 160 Å². The zero-order chi connectivity index (χ0) is 19.5. The first-order valence-corrected chi connectivity index (χ1v) is 8.92. The number of nitrogens with one attached hydrogen (secondary N) is 1. The van der Waals surface area contributed by atoms with Gasteiger partial charge in [-0.15, -0.1) is 5.10 Å². The smallest absolute Gasteiger partial charge is 0.251 e. The predicted octanol–water partition coefficient (Wildman–Crippen LogP) is 2.20. The van der Waals surface area contributed by atoms with Crippen molar-refractivity contribution in [2.24, 2.45) is 5.92 Å². The molecular weight excluding hydrogens is 366 g/mol. The van der Waals surface area contributed by atoms with Gasteiger partial charge < -0.3 is 10.2 Å². The number of halogens is 2. The largest absolute Gasteiger partial charge is 0.371 e. The maximum atomic E-state index is 13.4. The second-order valence-electron chi connectivity index (χ2n) is 6.71. The normalized spacial score (nSPS) is 16.4. The van der Waals surface area contributed by atoms with Gasteiger partial charge in [0.05, 0.1) is 5.69 Å². The van der Waals surface area contributed by atoms with Crippen LogP contribution in [0.25, 0.3) is 5.69 Å². The average Bonchev–Trinajstić information content (AvgIpc) is 3.40. The number of hydrogen-bond acceptors (Lipinski definition) is 5. The van der Waals surface area contributed by atoms with Gasteiger partial charge in [-0.05, 0) is 59.2 Å². The van der Waals surface area contributed by atoms with Crippen LogP contribution in [0.15, 0.2) is 48.8 Å². The zero-order valence-electron chi connectivity index (χ0n) is 14.9. The molecule has 1 atom stereocenters. The van der Waals surface area contributed by atoms with Crippen molar-refractivity contribution in [3.63, 3.8) is 0 Å². The van der Waals surface area contributed by atoms with Gasteiger partial charge >= 0.3 is 0 Å². The van der Waals surface area contributed by atoms with Gasteiger partial charge in [-0.1, -0.05) is 0 Å². The second-order valence-corrected chi connectivity index (χ2v) is 6.71. The number of anilines is 1. The van der Waals surface area contributed by atoms with E-state index in [0.717, 1.165) is 24.7 Å². The Kier molecular flexibility index (Phi) is 4.96. The van der Waals surface area contributed by atoms with Crippen LogP contribution in [-0.4, -0.2) is 45.7 Å². The molecule has 2 aromatic carbocycles. The molecule has 0 bridgehead atoms. The molecule has 1 N–H and O–H groups in total. The lowest BCUT2D eigenvalue weighted by molar-refractivity contribution is 0.0948. The second kappa shape index (κ2) is 7.71. The number of amides is 1. The van der Waals surface area contributed by atoms with Crippen molar-refractivity contribution >= 4 is 11.6 Å². The molecule has 1 aliphatic rings. The van der Waals surface area contributed by atoms with Crippen LogP contribution in [0.1, 0.15) is 16.8 Å². The van der Waals surface area contributed by atoms with E-state index in [-0.39, 0.29) is 11.8 Å². The summed E-state index contributed by atoms with van der Waals surface area (Å²) in [5, 5.41) is 13.9. The molecule has 7 nitrogen and oxygen atoms in total. The first-order chi connectivity index (χ1) is 13.6. The lowest BCUT2D eigenvalue weighted by Gasteiger charge is -2.19. The van der Waals surface area contributed by atoms with Crippen molar-refractivity contribution < 1.29 is 13.6 Å². The quantitative estimate of drug-likeness (QED) is 0.730. The maximum Gasteiger partial charge on any atom is 0.251 e. The lowest BCUT2D eigenvalue weighted by Crippen LogP contribution is -2.31. The molecule has 144 valence electrons. The summed E-state index contributed by atoms with van der Waals surface area (Å²) in [5.74, 6) is -1.61. The van der Waals surface area contributed by atoms with E-state index in [4.69, 9.17) is 0 Å². The van der Waals surface area contributed by atoms with E-state index >= 15 is 0 Å². The zero-order valence-corrected chi connectivity index (χ0v) is 14.9. The monoisotopic (exact) mass is 384 g/mol. The van der Waals surface area contributed by atoms with E-state index in [2.05, 4.69) is 20.8 Å². The third-order valence-corrected chi connectivity index (χ3v) is 4.85. The van der Waals surface area contributed by atoms with Crippen LogP contribution in [-0.2, 0) is 0 Å². The van der Waals surface area contributed by atoms with Gasteiger partial charge in [0.25, 0.3) is 5.91 Å². The average molecular weight is 384 g/mol. The van der Waals surface area contributed by atoms with Crippen molar-refractivity contribution in [3.05, 3.63) is 66.0 Å². The van der Waals surface area contributed by atoms with E-state index < -0.39 is 11.6 Å². The van der Waals surface area contributed by atoms with E-state index in [1.54, 1.807) is 30.3 Å². The Morgan fingerprint density at radius 2 is 1.89 bits per heavy atom. The minimum Gasteiger partial charge on any atom is -0.371 e. The number of benzene rings is 2. The van der Waals surface area contributed by atoms with Crippen LogP contribution in [0.5, 0.6) is 0 Å². The molecule has 4 rings (SSSR count). The van der Waals surface area contributed by atoms with Crippen LogP contribution in [0.2, 0.25) is 0 Å². The summed E-state index contributed by atoms with van der Waals surface area (Å²) < 4.78 is 28.0. The van der Waals surface area contributed by atoms with E-state index in [1.807, 2.05) is 4.90 Å². The number of nitrogens with zero attached hydrogens (tertiary/aromatic N) is 5. The number of carbonyl (C=O) groups is 1. The fourth-order valence-corrected chi connectivity index (χ4v) is 3.30. The van der Waals surface area contributed by atoms with Gasteiger partial charge in [0.1, 0.15) is 6.33 Å². The third-order valence-electron chi connectivity index (χ3n) is 4.85. The molecule has 1 aromatic heterocycles. The highest BCUT2D eigenvalue weighted by molar-refractivity contribution is 5.94. The lowest BCUT2D eigenvalue weighted by atomic mass is 10.1. The topological polar surface area (TPSA) is 75.9 Å². The minimum atomic E-state index is -0.849. The highest BCUT2D eigenvalue weighted by Crippen LogP contribution is 2.25. The highest BCUT2D eigenvalue weighted by Gasteiger charge is 2.24. The number of aromatic nitrogens is 4. The summed E-state index contributed by atoms with van der Waals surface area (Å²) in [4.78, 5) is 14.4. The molecule has 1 unspecified atom stereocenters. The van der Waals surface area contributed by atoms with Gasteiger partial charge in [0.2, 0.25) is 0 Å². The Hall–Kier alpha value is -3.36. The maximum absolute atomic E-state index is 13.4. The van der Waals surface area contributed by atoms with Gasteiger partial charge in [-0.3, -0.25) is 4.79 Å². The van der Waals surface area contributed by atoms with Crippen molar-refractivity contribution in [2.45, 2.75) is 6.42 Å². The minimum absolute atomic E-state index is 0.158. The molecule has 0 aliphatic carbocycles. The summed E-state index contributed by atoms with van der Waals surface area (Å²) in [6, 6.07) is 10.9. The highest BCUT2D eigenvalue weighted by atomic mass is 19.2. The molecule has 1 fully saturated rings. The number of hydrogen-bond donors (Lipinski definition) is 1. The molecule has 0 radical (unpaired) electrons. The van der Waals surface area contributed by atoms with Gasteiger partial charge in [0.15, 0.2) is 11.6 Å². The van der Waals surface area contributed by atoms with Gasteiger partial charge in [-0.2, -0.15) is 0 Å².